The maximum atomic E-state index is 11.7. The largest absolute Gasteiger partial charge is 0.492 e. The highest BCUT2D eigenvalue weighted by Crippen LogP contribution is 2.28. The summed E-state index contributed by atoms with van der Waals surface area (Å²) in [5.41, 5.74) is 0.0465. The van der Waals surface area contributed by atoms with E-state index in [-0.39, 0.29) is 29.4 Å². The van der Waals surface area contributed by atoms with Gasteiger partial charge in [0.25, 0.3) is 0 Å². The predicted octanol–water partition coefficient (Wildman–Crippen LogP) is 0.909. The normalized spacial score (nSPS) is 11.1. The molecule has 0 amide bonds. The standard InChI is InChI=1S/C11H15NO5S/c1-3-16-10-8(11(13)17-4-2)6-5-7-9(10)18(12,14)15/h5-7H,3-4H2,1-2H3,(H2,12,14,15). The fourth-order valence-electron chi connectivity index (χ4n) is 1.40. The van der Waals surface area contributed by atoms with Gasteiger partial charge < -0.3 is 9.47 Å². The molecule has 7 heteroatoms. The van der Waals surface area contributed by atoms with E-state index in [0.717, 1.165) is 0 Å². The van der Waals surface area contributed by atoms with Gasteiger partial charge in [-0.25, -0.2) is 18.4 Å². The third-order valence-electron chi connectivity index (χ3n) is 2.07. The first-order chi connectivity index (χ1) is 8.41. The molecule has 1 rings (SSSR count). The smallest absolute Gasteiger partial charge is 0.341 e. The molecule has 0 aliphatic carbocycles. The Morgan fingerprint density at radius 1 is 1.28 bits per heavy atom. The average molecular weight is 273 g/mol. The second kappa shape index (κ2) is 5.83. The summed E-state index contributed by atoms with van der Waals surface area (Å²) in [7, 11) is -3.96. The Morgan fingerprint density at radius 3 is 2.44 bits per heavy atom. The van der Waals surface area contributed by atoms with Gasteiger partial charge in [0.1, 0.15) is 10.5 Å². The van der Waals surface area contributed by atoms with Crippen LogP contribution in [0.3, 0.4) is 0 Å². The second-order valence-corrected chi connectivity index (χ2v) is 4.86. The van der Waals surface area contributed by atoms with Crippen molar-refractivity contribution in [2.75, 3.05) is 13.2 Å². The van der Waals surface area contributed by atoms with Crippen molar-refractivity contribution < 1.29 is 22.7 Å². The molecule has 0 bridgehead atoms. The molecule has 6 nitrogen and oxygen atoms in total. The predicted molar refractivity (Wildman–Crippen MR) is 64.9 cm³/mol. The minimum Gasteiger partial charge on any atom is -0.492 e. The summed E-state index contributed by atoms with van der Waals surface area (Å²) < 4.78 is 32.8. The number of esters is 1. The summed E-state index contributed by atoms with van der Waals surface area (Å²) in [6.07, 6.45) is 0. The van der Waals surface area contributed by atoms with Crippen LogP contribution in [0.2, 0.25) is 0 Å². The first kappa shape index (κ1) is 14.5. The van der Waals surface area contributed by atoms with E-state index in [2.05, 4.69) is 0 Å². The van der Waals surface area contributed by atoms with E-state index in [4.69, 9.17) is 14.6 Å². The Morgan fingerprint density at radius 2 is 1.94 bits per heavy atom. The summed E-state index contributed by atoms with van der Waals surface area (Å²) in [4.78, 5) is 11.5. The number of ether oxygens (including phenoxy) is 2. The quantitative estimate of drug-likeness (QED) is 0.804. The Bertz CT molecular complexity index is 538. The topological polar surface area (TPSA) is 95.7 Å². The summed E-state index contributed by atoms with van der Waals surface area (Å²) >= 11 is 0. The van der Waals surface area contributed by atoms with Crippen molar-refractivity contribution in [3.63, 3.8) is 0 Å². The molecule has 0 saturated heterocycles. The van der Waals surface area contributed by atoms with E-state index in [1.807, 2.05) is 0 Å². The molecule has 0 spiro atoms. The fourth-order valence-corrected chi connectivity index (χ4v) is 2.10. The second-order valence-electron chi connectivity index (χ2n) is 3.33. The van der Waals surface area contributed by atoms with Gasteiger partial charge in [0.15, 0.2) is 5.75 Å². The molecule has 0 aliphatic rings. The number of carbonyl (C=O) groups is 1. The van der Waals surface area contributed by atoms with Gasteiger partial charge in [0.05, 0.1) is 13.2 Å². The van der Waals surface area contributed by atoms with Gasteiger partial charge in [-0.1, -0.05) is 6.07 Å². The first-order valence-electron chi connectivity index (χ1n) is 5.37. The molecule has 0 radical (unpaired) electrons. The van der Waals surface area contributed by atoms with Crippen molar-refractivity contribution in [1.29, 1.82) is 0 Å². The number of hydrogen-bond donors (Lipinski definition) is 1. The Kier molecular flexibility index (Phi) is 4.69. The van der Waals surface area contributed by atoms with Crippen LogP contribution in [0.4, 0.5) is 0 Å². The zero-order chi connectivity index (χ0) is 13.8. The maximum Gasteiger partial charge on any atom is 0.341 e. The molecule has 0 unspecified atom stereocenters. The summed E-state index contributed by atoms with van der Waals surface area (Å²) in [6.45, 7) is 3.72. The molecule has 0 aromatic heterocycles. The monoisotopic (exact) mass is 273 g/mol. The van der Waals surface area contributed by atoms with Gasteiger partial charge in [-0.3, -0.25) is 0 Å². The van der Waals surface area contributed by atoms with Gasteiger partial charge in [0.2, 0.25) is 10.0 Å². The van der Waals surface area contributed by atoms with E-state index < -0.39 is 16.0 Å². The maximum absolute atomic E-state index is 11.7. The Hall–Kier alpha value is -1.60. The zero-order valence-electron chi connectivity index (χ0n) is 10.2. The molecule has 2 N–H and O–H groups in total. The van der Waals surface area contributed by atoms with E-state index in [0.29, 0.717) is 0 Å². The number of hydrogen-bond acceptors (Lipinski definition) is 5. The third-order valence-corrected chi connectivity index (χ3v) is 3.00. The van der Waals surface area contributed by atoms with Gasteiger partial charge in [-0.2, -0.15) is 0 Å². The summed E-state index contributed by atoms with van der Waals surface area (Å²) in [6, 6.07) is 4.12. The van der Waals surface area contributed by atoms with Crippen molar-refractivity contribution in [2.24, 2.45) is 5.14 Å². The molecule has 0 fully saturated rings. The van der Waals surface area contributed by atoms with Crippen LogP contribution in [0, 0.1) is 0 Å². The third kappa shape index (κ3) is 3.21. The van der Waals surface area contributed by atoms with E-state index in [9.17, 15) is 13.2 Å². The highest BCUT2D eigenvalue weighted by Gasteiger charge is 2.22. The lowest BCUT2D eigenvalue weighted by Crippen LogP contribution is -2.16. The lowest BCUT2D eigenvalue weighted by molar-refractivity contribution is 0.0521. The van der Waals surface area contributed by atoms with Crippen molar-refractivity contribution in [1.82, 2.24) is 0 Å². The molecule has 0 atom stereocenters. The van der Waals surface area contributed by atoms with Crippen LogP contribution in [0.25, 0.3) is 0 Å². The van der Waals surface area contributed by atoms with Gasteiger partial charge in [0, 0.05) is 0 Å². The molecule has 0 heterocycles. The number of primary sulfonamides is 1. The SMILES string of the molecule is CCOC(=O)c1cccc(S(N)(=O)=O)c1OCC. The molecule has 1 aromatic carbocycles. The number of benzene rings is 1. The first-order valence-corrected chi connectivity index (χ1v) is 6.92. The highest BCUT2D eigenvalue weighted by molar-refractivity contribution is 7.89. The number of para-hydroxylation sites is 1. The fraction of sp³-hybridized carbons (Fsp3) is 0.364. The van der Waals surface area contributed by atoms with Crippen LogP contribution in [-0.4, -0.2) is 27.6 Å². The minimum absolute atomic E-state index is 0.0465. The van der Waals surface area contributed by atoms with Crippen LogP contribution < -0.4 is 9.88 Å². The minimum atomic E-state index is -3.96. The molecular weight excluding hydrogens is 258 g/mol. The molecular formula is C11H15NO5S. The van der Waals surface area contributed by atoms with Crippen LogP contribution >= 0.6 is 0 Å². The lowest BCUT2D eigenvalue weighted by Gasteiger charge is -2.12. The molecule has 18 heavy (non-hydrogen) atoms. The van der Waals surface area contributed by atoms with Crippen molar-refractivity contribution in [3.05, 3.63) is 23.8 Å². The van der Waals surface area contributed by atoms with Crippen molar-refractivity contribution in [3.8, 4) is 5.75 Å². The average Bonchev–Trinajstić information content (AvgIpc) is 2.28. The highest BCUT2D eigenvalue weighted by atomic mass is 32.2. The zero-order valence-corrected chi connectivity index (χ0v) is 11.0. The van der Waals surface area contributed by atoms with Crippen LogP contribution in [0.1, 0.15) is 24.2 Å². The molecule has 0 aliphatic heterocycles. The van der Waals surface area contributed by atoms with Gasteiger partial charge in [-0.05, 0) is 26.0 Å². The number of sulfonamides is 1. The van der Waals surface area contributed by atoms with E-state index in [1.54, 1.807) is 13.8 Å². The van der Waals surface area contributed by atoms with Gasteiger partial charge in [-0.15, -0.1) is 0 Å². The van der Waals surface area contributed by atoms with Crippen LogP contribution in [0.5, 0.6) is 5.75 Å². The number of nitrogens with two attached hydrogens (primary N) is 1. The summed E-state index contributed by atoms with van der Waals surface area (Å²) in [5.74, 6) is -0.715. The van der Waals surface area contributed by atoms with E-state index >= 15 is 0 Å². The summed E-state index contributed by atoms with van der Waals surface area (Å²) in [5, 5.41) is 5.07. The van der Waals surface area contributed by atoms with E-state index in [1.165, 1.54) is 18.2 Å². The van der Waals surface area contributed by atoms with Gasteiger partial charge >= 0.3 is 5.97 Å². The van der Waals surface area contributed by atoms with Crippen LogP contribution in [-0.2, 0) is 14.8 Å². The Labute approximate surface area is 106 Å². The Balaban J connectivity index is 3.39. The number of carbonyl (C=O) groups excluding carboxylic acids is 1. The van der Waals surface area contributed by atoms with Crippen molar-refractivity contribution >= 4 is 16.0 Å². The lowest BCUT2D eigenvalue weighted by atomic mass is 10.2. The molecule has 100 valence electrons. The number of rotatable bonds is 5. The van der Waals surface area contributed by atoms with Crippen LogP contribution in [0.15, 0.2) is 23.1 Å². The van der Waals surface area contributed by atoms with Crippen molar-refractivity contribution in [2.45, 2.75) is 18.7 Å². The molecule has 1 aromatic rings. The molecule has 0 saturated carbocycles.